The molecule has 0 aliphatic rings. The van der Waals surface area contributed by atoms with Gasteiger partial charge in [-0.3, -0.25) is 4.79 Å². The van der Waals surface area contributed by atoms with E-state index < -0.39 is 10.0 Å². The summed E-state index contributed by atoms with van der Waals surface area (Å²) in [5, 5.41) is 5.54. The van der Waals surface area contributed by atoms with E-state index in [-0.39, 0.29) is 35.8 Å². The first-order chi connectivity index (χ1) is 12.7. The molecule has 0 atom stereocenters. The second-order valence-electron chi connectivity index (χ2n) is 6.36. The first kappa shape index (κ1) is 20.9. The molecule has 0 unspecified atom stereocenters. The number of carbonyl (C=O) groups excluding carboxylic acids is 1. The molecule has 1 amide bonds. The van der Waals surface area contributed by atoms with Gasteiger partial charge in [-0.15, -0.1) is 0 Å². The van der Waals surface area contributed by atoms with E-state index in [1.165, 1.54) is 29.6 Å². The molecular weight excluding hydrogens is 369 g/mol. The Bertz CT molecular complexity index is 883. The highest BCUT2D eigenvalue weighted by molar-refractivity contribution is 7.89. The average Bonchev–Trinajstić information content (AvgIpc) is 2.65. The number of carbonyl (C=O) groups is 1. The van der Waals surface area contributed by atoms with E-state index in [0.717, 1.165) is 0 Å². The molecule has 0 heterocycles. The summed E-state index contributed by atoms with van der Waals surface area (Å²) in [5.41, 5.74) is 1.02. The Morgan fingerprint density at radius 2 is 1.74 bits per heavy atom. The minimum atomic E-state index is -3.54. The Morgan fingerprint density at radius 1 is 1.11 bits per heavy atom. The molecule has 0 aliphatic heterocycles. The van der Waals surface area contributed by atoms with E-state index in [1.54, 1.807) is 44.2 Å². The van der Waals surface area contributed by atoms with Crippen molar-refractivity contribution in [2.45, 2.75) is 31.3 Å². The number of hydrogen-bond acceptors (Lipinski definition) is 4. The first-order valence-electron chi connectivity index (χ1n) is 8.54. The Kier molecular flexibility index (Phi) is 6.92. The summed E-state index contributed by atoms with van der Waals surface area (Å²) in [6.45, 7) is 3.69. The molecule has 0 saturated carbocycles. The van der Waals surface area contributed by atoms with E-state index in [2.05, 4.69) is 10.6 Å². The number of sulfonamides is 1. The van der Waals surface area contributed by atoms with Gasteiger partial charge in [0.1, 0.15) is 5.82 Å². The van der Waals surface area contributed by atoms with Crippen LogP contribution < -0.4 is 10.6 Å². The number of nitrogens with one attached hydrogen (secondary N) is 2. The van der Waals surface area contributed by atoms with Crippen LogP contribution in [0.2, 0.25) is 0 Å². The quantitative estimate of drug-likeness (QED) is 0.723. The number of amides is 1. The van der Waals surface area contributed by atoms with Gasteiger partial charge in [-0.05, 0) is 44.2 Å². The number of halogens is 1. The van der Waals surface area contributed by atoms with Crippen LogP contribution in [0, 0.1) is 5.82 Å². The number of anilines is 1. The molecule has 2 N–H and O–H groups in total. The maximum Gasteiger partial charge on any atom is 0.243 e. The molecule has 0 fully saturated rings. The van der Waals surface area contributed by atoms with E-state index in [9.17, 15) is 17.6 Å². The Labute approximate surface area is 159 Å². The molecule has 27 heavy (non-hydrogen) atoms. The first-order valence-corrected chi connectivity index (χ1v) is 9.98. The smallest absolute Gasteiger partial charge is 0.243 e. The van der Waals surface area contributed by atoms with Gasteiger partial charge in [-0.2, -0.15) is 4.31 Å². The molecule has 0 aliphatic carbocycles. The molecule has 2 rings (SSSR count). The third kappa shape index (κ3) is 5.51. The number of nitrogens with zero attached hydrogens (tertiary/aromatic N) is 1. The molecule has 2 aromatic rings. The van der Waals surface area contributed by atoms with Gasteiger partial charge < -0.3 is 10.6 Å². The molecule has 0 saturated heterocycles. The monoisotopic (exact) mass is 393 g/mol. The zero-order valence-corrected chi connectivity index (χ0v) is 16.4. The lowest BCUT2D eigenvalue weighted by Gasteiger charge is -2.21. The Hall–Kier alpha value is -2.45. The largest absolute Gasteiger partial charge is 0.376 e. The third-order valence-electron chi connectivity index (χ3n) is 4.15. The average molecular weight is 393 g/mol. The summed E-state index contributed by atoms with van der Waals surface area (Å²) in [6.07, 6.45) is 0. The molecular formula is C19H24FN3O3S. The van der Waals surface area contributed by atoms with Crippen molar-refractivity contribution in [1.29, 1.82) is 0 Å². The van der Waals surface area contributed by atoms with Crippen LogP contribution in [0.15, 0.2) is 53.4 Å². The Balaban J connectivity index is 1.89. The normalized spacial score (nSPS) is 11.6. The van der Waals surface area contributed by atoms with E-state index in [4.69, 9.17) is 0 Å². The molecule has 0 aromatic heterocycles. The van der Waals surface area contributed by atoms with Crippen LogP contribution in [0.5, 0.6) is 0 Å². The summed E-state index contributed by atoms with van der Waals surface area (Å²) in [6, 6.07) is 12.3. The zero-order valence-electron chi connectivity index (χ0n) is 15.6. The molecule has 0 bridgehead atoms. The van der Waals surface area contributed by atoms with E-state index in [1.807, 2.05) is 0 Å². The highest BCUT2D eigenvalue weighted by atomic mass is 32.2. The lowest BCUT2D eigenvalue weighted by Crippen LogP contribution is -2.33. The van der Waals surface area contributed by atoms with Crippen molar-refractivity contribution in [2.75, 3.05) is 18.9 Å². The molecule has 146 valence electrons. The van der Waals surface area contributed by atoms with Crippen molar-refractivity contribution in [2.24, 2.45) is 0 Å². The molecule has 2 aromatic carbocycles. The van der Waals surface area contributed by atoms with Gasteiger partial charge in [0.05, 0.1) is 11.4 Å². The highest BCUT2D eigenvalue weighted by Crippen LogP contribution is 2.18. The van der Waals surface area contributed by atoms with Gasteiger partial charge in [0.25, 0.3) is 0 Å². The topological polar surface area (TPSA) is 78.5 Å². The van der Waals surface area contributed by atoms with Crippen molar-refractivity contribution >= 4 is 21.6 Å². The van der Waals surface area contributed by atoms with Gasteiger partial charge in [0, 0.05) is 30.9 Å². The van der Waals surface area contributed by atoms with Crippen LogP contribution in [0.4, 0.5) is 10.1 Å². The maximum absolute atomic E-state index is 13.5. The number of rotatable bonds is 8. The van der Waals surface area contributed by atoms with Gasteiger partial charge in [-0.1, -0.05) is 18.2 Å². The molecule has 0 radical (unpaired) electrons. The number of benzene rings is 2. The second kappa shape index (κ2) is 8.96. The van der Waals surface area contributed by atoms with E-state index in [0.29, 0.717) is 11.3 Å². The molecule has 8 heteroatoms. The van der Waals surface area contributed by atoms with Gasteiger partial charge >= 0.3 is 0 Å². The standard InChI is InChI=1S/C19H24FN3O3S/c1-14(2)23(3)27(25,26)17-10-8-16(9-11-17)21-13-19(24)22-12-15-6-4-5-7-18(15)20/h4-11,14,21H,12-13H2,1-3H3,(H,22,24). The van der Waals surface area contributed by atoms with Crippen LogP contribution >= 0.6 is 0 Å². The van der Waals surface area contributed by atoms with Crippen molar-refractivity contribution in [3.63, 3.8) is 0 Å². The van der Waals surface area contributed by atoms with Crippen molar-refractivity contribution in [3.8, 4) is 0 Å². The van der Waals surface area contributed by atoms with Gasteiger partial charge in [0.15, 0.2) is 0 Å². The molecule has 0 spiro atoms. The van der Waals surface area contributed by atoms with Gasteiger partial charge in [-0.25, -0.2) is 12.8 Å². The minimum Gasteiger partial charge on any atom is -0.376 e. The van der Waals surface area contributed by atoms with Crippen molar-refractivity contribution < 1.29 is 17.6 Å². The second-order valence-corrected chi connectivity index (χ2v) is 8.36. The van der Waals surface area contributed by atoms with Crippen LogP contribution in [0.3, 0.4) is 0 Å². The lowest BCUT2D eigenvalue weighted by atomic mass is 10.2. The third-order valence-corrected chi connectivity index (χ3v) is 6.19. The van der Waals surface area contributed by atoms with E-state index >= 15 is 0 Å². The number of hydrogen-bond donors (Lipinski definition) is 2. The highest BCUT2D eigenvalue weighted by Gasteiger charge is 2.22. The molecule has 6 nitrogen and oxygen atoms in total. The maximum atomic E-state index is 13.5. The van der Waals surface area contributed by atoms with Crippen molar-refractivity contribution in [3.05, 3.63) is 59.9 Å². The summed E-state index contributed by atoms with van der Waals surface area (Å²) in [7, 11) is -2.01. The lowest BCUT2D eigenvalue weighted by molar-refractivity contribution is -0.119. The summed E-state index contributed by atoms with van der Waals surface area (Å²) in [5.74, 6) is -0.664. The fraction of sp³-hybridized carbons (Fsp3) is 0.316. The summed E-state index contributed by atoms with van der Waals surface area (Å²) >= 11 is 0. The Morgan fingerprint density at radius 3 is 2.33 bits per heavy atom. The van der Waals surface area contributed by atoms with Gasteiger partial charge in [0.2, 0.25) is 15.9 Å². The minimum absolute atomic E-state index is 0.00749. The van der Waals surface area contributed by atoms with Crippen LogP contribution in [-0.2, 0) is 21.4 Å². The predicted molar refractivity (Wildman–Crippen MR) is 103 cm³/mol. The predicted octanol–water partition coefficient (Wildman–Crippen LogP) is 2.58. The van der Waals surface area contributed by atoms with Crippen molar-refractivity contribution in [1.82, 2.24) is 9.62 Å². The summed E-state index contributed by atoms with van der Waals surface area (Å²) in [4.78, 5) is 12.1. The van der Waals surface area contributed by atoms with Crippen LogP contribution in [-0.4, -0.2) is 38.3 Å². The SMILES string of the molecule is CC(C)N(C)S(=O)(=O)c1ccc(NCC(=O)NCc2ccccc2F)cc1. The zero-order chi connectivity index (χ0) is 20.0. The van der Waals surface area contributed by atoms with Crippen LogP contribution in [0.25, 0.3) is 0 Å². The fourth-order valence-electron chi connectivity index (χ4n) is 2.27. The fourth-order valence-corrected chi connectivity index (χ4v) is 3.64. The van der Waals surface area contributed by atoms with Crippen LogP contribution in [0.1, 0.15) is 19.4 Å². The summed E-state index contributed by atoms with van der Waals surface area (Å²) < 4.78 is 39.6.